The molecule has 0 spiro atoms. The predicted octanol–water partition coefficient (Wildman–Crippen LogP) is 3.23. The molecule has 0 bridgehead atoms. The van der Waals surface area contributed by atoms with Gasteiger partial charge in [-0.2, -0.15) is 5.10 Å². The Labute approximate surface area is 117 Å². The van der Waals surface area contributed by atoms with Gasteiger partial charge >= 0.3 is 0 Å². The molecular formula is C14H17ClN2O2. The quantitative estimate of drug-likeness (QED) is 0.762. The Morgan fingerprint density at radius 1 is 1.37 bits per heavy atom. The second-order valence-corrected chi connectivity index (χ2v) is 4.37. The first kappa shape index (κ1) is 13.7. The van der Waals surface area contributed by atoms with Crippen LogP contribution in [0.25, 0.3) is 0 Å². The number of ether oxygens (including phenoxy) is 2. The minimum atomic E-state index is 0.390. The molecule has 19 heavy (non-hydrogen) atoms. The zero-order valence-electron chi connectivity index (χ0n) is 11.1. The van der Waals surface area contributed by atoms with Gasteiger partial charge in [-0.05, 0) is 25.1 Å². The van der Waals surface area contributed by atoms with Gasteiger partial charge in [-0.3, -0.25) is 4.68 Å². The molecule has 0 aliphatic heterocycles. The van der Waals surface area contributed by atoms with Crippen LogP contribution in [0.1, 0.15) is 18.1 Å². The average Bonchev–Trinajstić information content (AvgIpc) is 2.92. The van der Waals surface area contributed by atoms with Crippen LogP contribution in [0.5, 0.6) is 11.5 Å². The first-order valence-corrected chi connectivity index (χ1v) is 6.67. The van der Waals surface area contributed by atoms with Crippen LogP contribution in [0.3, 0.4) is 0 Å². The summed E-state index contributed by atoms with van der Waals surface area (Å²) in [7, 11) is 1.63. The van der Waals surface area contributed by atoms with Crippen molar-refractivity contribution in [3.8, 4) is 11.5 Å². The van der Waals surface area contributed by atoms with Crippen LogP contribution in [0, 0.1) is 0 Å². The number of rotatable bonds is 6. The molecule has 2 aromatic rings. The summed E-state index contributed by atoms with van der Waals surface area (Å²) in [5, 5.41) is 4.21. The van der Waals surface area contributed by atoms with Crippen molar-refractivity contribution in [1.29, 1.82) is 0 Å². The van der Waals surface area contributed by atoms with E-state index in [1.807, 2.05) is 42.2 Å². The zero-order valence-corrected chi connectivity index (χ0v) is 11.9. The Balaban J connectivity index is 2.06. The largest absolute Gasteiger partial charge is 0.497 e. The topological polar surface area (TPSA) is 36.3 Å². The first-order chi connectivity index (χ1) is 9.26. The van der Waals surface area contributed by atoms with Gasteiger partial charge in [0, 0.05) is 23.9 Å². The Hall–Kier alpha value is -1.68. The van der Waals surface area contributed by atoms with Gasteiger partial charge in [0.15, 0.2) is 0 Å². The fourth-order valence-corrected chi connectivity index (χ4v) is 1.95. The van der Waals surface area contributed by atoms with Crippen molar-refractivity contribution >= 4 is 11.6 Å². The van der Waals surface area contributed by atoms with E-state index in [4.69, 9.17) is 21.1 Å². The Morgan fingerprint density at radius 3 is 2.84 bits per heavy atom. The molecular weight excluding hydrogens is 264 g/mol. The third-order valence-electron chi connectivity index (χ3n) is 2.82. The molecule has 1 aromatic heterocycles. The molecule has 0 N–H and O–H groups in total. The van der Waals surface area contributed by atoms with Gasteiger partial charge < -0.3 is 9.47 Å². The molecule has 0 atom stereocenters. The Bertz CT molecular complexity index is 540. The van der Waals surface area contributed by atoms with E-state index in [1.54, 1.807) is 7.11 Å². The lowest BCUT2D eigenvalue weighted by Gasteiger charge is -2.10. The maximum absolute atomic E-state index is 5.92. The highest BCUT2D eigenvalue weighted by Gasteiger charge is 2.06. The third-order valence-corrected chi connectivity index (χ3v) is 3.10. The standard InChI is InChI=1S/C14H17ClN2O2/c1-3-17-9-11(8-16-17)10-19-14-5-4-13(18-2)6-12(14)7-15/h4-6,8-9H,3,7,10H2,1-2H3. The molecule has 0 saturated heterocycles. The van der Waals surface area contributed by atoms with Crippen molar-refractivity contribution in [2.75, 3.05) is 7.11 Å². The lowest BCUT2D eigenvalue weighted by atomic mass is 10.2. The van der Waals surface area contributed by atoms with Crippen molar-refractivity contribution in [3.05, 3.63) is 41.7 Å². The highest BCUT2D eigenvalue weighted by Crippen LogP contribution is 2.26. The molecule has 1 aromatic carbocycles. The summed E-state index contributed by atoms with van der Waals surface area (Å²) >= 11 is 5.92. The predicted molar refractivity (Wildman–Crippen MR) is 74.8 cm³/mol. The number of benzene rings is 1. The maximum Gasteiger partial charge on any atom is 0.124 e. The van der Waals surface area contributed by atoms with E-state index in [0.717, 1.165) is 29.2 Å². The first-order valence-electron chi connectivity index (χ1n) is 6.13. The summed E-state index contributed by atoms with van der Waals surface area (Å²) in [6.07, 6.45) is 3.79. The average molecular weight is 281 g/mol. The van der Waals surface area contributed by atoms with Gasteiger partial charge in [-0.25, -0.2) is 0 Å². The third kappa shape index (κ3) is 3.41. The molecule has 102 valence electrons. The molecule has 2 rings (SSSR count). The number of aryl methyl sites for hydroxylation is 1. The maximum atomic E-state index is 5.92. The summed E-state index contributed by atoms with van der Waals surface area (Å²) in [5.41, 5.74) is 1.96. The molecule has 0 aliphatic carbocycles. The Kier molecular flexibility index (Phi) is 4.68. The van der Waals surface area contributed by atoms with E-state index in [-0.39, 0.29) is 0 Å². The molecule has 4 nitrogen and oxygen atoms in total. The van der Waals surface area contributed by atoms with Gasteiger partial charge in [0.05, 0.1) is 19.2 Å². The lowest BCUT2D eigenvalue weighted by molar-refractivity contribution is 0.303. The minimum absolute atomic E-state index is 0.390. The van der Waals surface area contributed by atoms with Gasteiger partial charge in [-0.1, -0.05) is 0 Å². The van der Waals surface area contributed by atoms with E-state index in [1.165, 1.54) is 0 Å². The van der Waals surface area contributed by atoms with Gasteiger partial charge in [-0.15, -0.1) is 11.6 Å². The molecule has 5 heteroatoms. The number of alkyl halides is 1. The number of nitrogens with zero attached hydrogens (tertiary/aromatic N) is 2. The fourth-order valence-electron chi connectivity index (χ4n) is 1.74. The molecule has 0 saturated carbocycles. The summed E-state index contributed by atoms with van der Waals surface area (Å²) in [4.78, 5) is 0. The smallest absolute Gasteiger partial charge is 0.124 e. The van der Waals surface area contributed by atoms with E-state index < -0.39 is 0 Å². The van der Waals surface area contributed by atoms with Gasteiger partial charge in [0.1, 0.15) is 18.1 Å². The number of hydrogen-bond donors (Lipinski definition) is 0. The summed E-state index contributed by atoms with van der Waals surface area (Å²) < 4.78 is 12.8. The van der Waals surface area contributed by atoms with Crippen LogP contribution in [0.15, 0.2) is 30.6 Å². The van der Waals surface area contributed by atoms with Crippen molar-refractivity contribution in [1.82, 2.24) is 9.78 Å². The molecule has 0 fully saturated rings. The molecule has 0 aliphatic rings. The normalized spacial score (nSPS) is 10.5. The number of aromatic nitrogens is 2. The van der Waals surface area contributed by atoms with Gasteiger partial charge in [0.25, 0.3) is 0 Å². The van der Waals surface area contributed by atoms with Crippen molar-refractivity contribution in [2.45, 2.75) is 26.0 Å². The van der Waals surface area contributed by atoms with E-state index in [9.17, 15) is 0 Å². The van der Waals surface area contributed by atoms with E-state index in [2.05, 4.69) is 5.10 Å². The van der Waals surface area contributed by atoms with Crippen LogP contribution < -0.4 is 9.47 Å². The second-order valence-electron chi connectivity index (χ2n) is 4.10. The lowest BCUT2D eigenvalue weighted by Crippen LogP contribution is -1.98. The van der Waals surface area contributed by atoms with Crippen molar-refractivity contribution < 1.29 is 9.47 Å². The summed E-state index contributed by atoms with van der Waals surface area (Å²) in [6.45, 7) is 3.39. The van der Waals surface area contributed by atoms with Crippen molar-refractivity contribution in [2.24, 2.45) is 0 Å². The van der Waals surface area contributed by atoms with Gasteiger partial charge in [0.2, 0.25) is 0 Å². The van der Waals surface area contributed by atoms with Crippen LogP contribution in [0.4, 0.5) is 0 Å². The Morgan fingerprint density at radius 2 is 2.21 bits per heavy atom. The van der Waals surface area contributed by atoms with Crippen LogP contribution in [0.2, 0.25) is 0 Å². The monoisotopic (exact) mass is 280 g/mol. The minimum Gasteiger partial charge on any atom is -0.497 e. The SMILES string of the molecule is CCn1cc(COc2ccc(OC)cc2CCl)cn1. The zero-order chi connectivity index (χ0) is 13.7. The molecule has 1 heterocycles. The summed E-state index contributed by atoms with van der Waals surface area (Å²) in [5.74, 6) is 1.95. The molecule has 0 radical (unpaired) electrons. The van der Waals surface area contributed by atoms with Crippen molar-refractivity contribution in [3.63, 3.8) is 0 Å². The highest BCUT2D eigenvalue weighted by molar-refractivity contribution is 6.17. The highest BCUT2D eigenvalue weighted by atomic mass is 35.5. The van der Waals surface area contributed by atoms with Crippen LogP contribution >= 0.6 is 11.6 Å². The number of halogens is 1. The summed E-state index contributed by atoms with van der Waals surface area (Å²) in [6, 6.07) is 5.62. The molecule has 0 unspecified atom stereocenters. The molecule has 0 amide bonds. The second kappa shape index (κ2) is 6.48. The van der Waals surface area contributed by atoms with E-state index in [0.29, 0.717) is 12.5 Å². The van der Waals surface area contributed by atoms with E-state index >= 15 is 0 Å². The number of hydrogen-bond acceptors (Lipinski definition) is 3. The number of methoxy groups -OCH3 is 1. The fraction of sp³-hybridized carbons (Fsp3) is 0.357. The van der Waals surface area contributed by atoms with Crippen LogP contribution in [-0.4, -0.2) is 16.9 Å². The van der Waals surface area contributed by atoms with Crippen LogP contribution in [-0.2, 0) is 19.0 Å².